The molecule has 0 heterocycles. The number of carboxylic acids is 1. The number of Topliss-reactive ketones (excluding diaryl/α,β-unsaturated/α-hetero) is 4. The maximum absolute atomic E-state index is 13.9. The molecule has 0 unspecified atom stereocenters. The van der Waals surface area contributed by atoms with E-state index in [4.69, 9.17) is 5.11 Å². The molecule has 0 amide bonds. The van der Waals surface area contributed by atoms with Crippen molar-refractivity contribution in [3.8, 4) is 0 Å². The molecule has 2 saturated carbocycles. The molecule has 0 aromatic heterocycles. The number of carboxylic acid groups (broad SMARTS) is 1. The number of fused-ring (bicyclic) bond motifs is 4. The Hall–Kier alpha value is -2.11. The summed E-state index contributed by atoms with van der Waals surface area (Å²) in [7, 11) is 0. The molecule has 33 heavy (non-hydrogen) atoms. The van der Waals surface area contributed by atoms with Gasteiger partial charge in [0.15, 0.2) is 11.6 Å². The minimum absolute atomic E-state index is 0.0151. The lowest BCUT2D eigenvalue weighted by Gasteiger charge is -2.58. The van der Waals surface area contributed by atoms with E-state index in [2.05, 4.69) is 0 Å². The van der Waals surface area contributed by atoms with Gasteiger partial charge in [-0.25, -0.2) is 0 Å². The Morgan fingerprint density at radius 3 is 2.21 bits per heavy atom. The van der Waals surface area contributed by atoms with Crippen LogP contribution in [-0.2, 0) is 24.0 Å². The molecule has 4 aliphatic carbocycles. The quantitative estimate of drug-likeness (QED) is 0.674. The zero-order chi connectivity index (χ0) is 24.7. The van der Waals surface area contributed by atoms with Crippen LogP contribution >= 0.6 is 0 Å². The van der Waals surface area contributed by atoms with Gasteiger partial charge in [0.05, 0.1) is 5.41 Å². The van der Waals surface area contributed by atoms with E-state index in [-0.39, 0.29) is 66.6 Å². The van der Waals surface area contributed by atoms with Gasteiger partial charge in [0.1, 0.15) is 11.6 Å². The van der Waals surface area contributed by atoms with Gasteiger partial charge in [0.25, 0.3) is 0 Å². The Balaban J connectivity index is 1.86. The number of aliphatic carboxylic acids is 1. The van der Waals surface area contributed by atoms with E-state index in [9.17, 15) is 24.0 Å². The lowest BCUT2D eigenvalue weighted by molar-refractivity contribution is -0.147. The van der Waals surface area contributed by atoms with Crippen molar-refractivity contribution in [3.63, 3.8) is 0 Å². The van der Waals surface area contributed by atoms with Crippen molar-refractivity contribution in [2.45, 2.75) is 86.5 Å². The number of ketones is 4. The third kappa shape index (κ3) is 2.94. The Morgan fingerprint density at radius 2 is 1.61 bits per heavy atom. The monoisotopic (exact) mass is 456 g/mol. The maximum Gasteiger partial charge on any atom is 0.303 e. The van der Waals surface area contributed by atoms with Crippen LogP contribution in [0.4, 0.5) is 0 Å². The fourth-order valence-electron chi connectivity index (χ4n) is 8.19. The van der Waals surface area contributed by atoms with E-state index in [0.29, 0.717) is 30.4 Å². The standard InChI is InChI=1S/C27H36O6/c1-14(7-8-21(32)33)15-11-20(31)27(6)23-16(28)12-18-24(2,3)19(30)9-10-25(18,4)22(23)17(29)13-26(15,27)5/h14-15,18H,7-13H2,1-6H3,(H,32,33)/t14-,15-,18+,25+,26-,27+/m1/s1. The number of carbonyl (C=O) groups is 5. The molecule has 0 bridgehead atoms. The number of carbonyl (C=O) groups excluding carboxylic acids is 4. The number of rotatable bonds is 4. The molecule has 180 valence electrons. The van der Waals surface area contributed by atoms with Crippen molar-refractivity contribution in [3.05, 3.63) is 11.1 Å². The summed E-state index contributed by atoms with van der Waals surface area (Å²) in [6, 6.07) is 0. The Kier molecular flexibility index (Phi) is 5.24. The molecule has 4 rings (SSSR count). The summed E-state index contributed by atoms with van der Waals surface area (Å²) in [5.74, 6) is -1.46. The Labute approximate surface area is 195 Å². The zero-order valence-corrected chi connectivity index (χ0v) is 20.7. The highest BCUT2D eigenvalue weighted by atomic mass is 16.4. The minimum atomic E-state index is -1.06. The van der Waals surface area contributed by atoms with E-state index >= 15 is 0 Å². The first-order valence-electron chi connectivity index (χ1n) is 12.2. The van der Waals surface area contributed by atoms with Gasteiger partial charge in [-0.15, -0.1) is 0 Å². The summed E-state index contributed by atoms with van der Waals surface area (Å²) in [4.78, 5) is 65.1. The largest absolute Gasteiger partial charge is 0.481 e. The minimum Gasteiger partial charge on any atom is -0.481 e. The van der Waals surface area contributed by atoms with Crippen LogP contribution in [0.2, 0.25) is 0 Å². The van der Waals surface area contributed by atoms with Gasteiger partial charge in [0, 0.05) is 54.1 Å². The van der Waals surface area contributed by atoms with Gasteiger partial charge >= 0.3 is 5.97 Å². The molecule has 0 aromatic carbocycles. The number of hydrogen-bond acceptors (Lipinski definition) is 5. The smallest absolute Gasteiger partial charge is 0.303 e. The van der Waals surface area contributed by atoms with Crippen LogP contribution in [0.5, 0.6) is 0 Å². The first-order chi connectivity index (χ1) is 15.1. The van der Waals surface area contributed by atoms with E-state index in [1.54, 1.807) is 0 Å². The van der Waals surface area contributed by atoms with Crippen LogP contribution < -0.4 is 0 Å². The zero-order valence-electron chi connectivity index (χ0n) is 20.7. The molecular formula is C27H36O6. The highest BCUT2D eigenvalue weighted by molar-refractivity contribution is 6.16. The van der Waals surface area contributed by atoms with Crippen molar-refractivity contribution < 1.29 is 29.1 Å². The molecule has 0 saturated heterocycles. The number of allylic oxidation sites excluding steroid dienone is 2. The lowest BCUT2D eigenvalue weighted by atomic mass is 9.43. The van der Waals surface area contributed by atoms with E-state index in [1.807, 2.05) is 41.5 Å². The summed E-state index contributed by atoms with van der Waals surface area (Å²) in [6.07, 6.45) is 1.96. The molecule has 0 radical (unpaired) electrons. The van der Waals surface area contributed by atoms with Gasteiger partial charge in [-0.3, -0.25) is 24.0 Å². The second-order valence-electron chi connectivity index (χ2n) is 12.3. The van der Waals surface area contributed by atoms with E-state index < -0.39 is 27.6 Å². The molecule has 2 fully saturated rings. The maximum atomic E-state index is 13.9. The first-order valence-corrected chi connectivity index (χ1v) is 12.2. The lowest BCUT2D eigenvalue weighted by Crippen LogP contribution is -2.59. The summed E-state index contributed by atoms with van der Waals surface area (Å²) >= 11 is 0. The second-order valence-corrected chi connectivity index (χ2v) is 12.3. The number of hydrogen-bond donors (Lipinski definition) is 1. The average molecular weight is 457 g/mol. The summed E-state index contributed by atoms with van der Waals surface area (Å²) in [6.45, 7) is 11.6. The van der Waals surface area contributed by atoms with Crippen molar-refractivity contribution in [2.24, 2.45) is 39.4 Å². The third-order valence-corrected chi connectivity index (χ3v) is 10.5. The van der Waals surface area contributed by atoms with Crippen LogP contribution in [0.25, 0.3) is 0 Å². The third-order valence-electron chi connectivity index (χ3n) is 10.5. The van der Waals surface area contributed by atoms with Crippen LogP contribution in [0, 0.1) is 39.4 Å². The van der Waals surface area contributed by atoms with Gasteiger partial charge in [0.2, 0.25) is 0 Å². The molecule has 0 aliphatic heterocycles. The van der Waals surface area contributed by atoms with Gasteiger partial charge in [-0.2, -0.15) is 0 Å². The van der Waals surface area contributed by atoms with Crippen LogP contribution in [-0.4, -0.2) is 34.2 Å². The Bertz CT molecular complexity index is 1020. The molecule has 4 aliphatic rings. The SMILES string of the molecule is C[C@H](CCC(=O)O)[C@H]1CC(=O)[C@@]2(C)C3=C(C(=O)C[C@]12C)[C@@]1(C)CCC(=O)C(C)(C)[C@@H]1CC3=O. The highest BCUT2D eigenvalue weighted by Crippen LogP contribution is 2.69. The fraction of sp³-hybridized carbons (Fsp3) is 0.741. The summed E-state index contributed by atoms with van der Waals surface area (Å²) in [5, 5.41) is 9.14. The summed E-state index contributed by atoms with van der Waals surface area (Å²) < 4.78 is 0. The van der Waals surface area contributed by atoms with E-state index in [0.717, 1.165) is 0 Å². The normalized spacial score (nSPS) is 40.9. The van der Waals surface area contributed by atoms with E-state index in [1.165, 1.54) is 0 Å². The van der Waals surface area contributed by atoms with Gasteiger partial charge in [-0.05, 0) is 42.9 Å². The molecule has 0 aromatic rings. The summed E-state index contributed by atoms with van der Waals surface area (Å²) in [5.41, 5.74) is -2.17. The predicted octanol–water partition coefficient (Wildman–Crippen LogP) is 4.34. The van der Waals surface area contributed by atoms with Crippen LogP contribution in [0.15, 0.2) is 11.1 Å². The van der Waals surface area contributed by atoms with Crippen LogP contribution in [0.1, 0.15) is 86.5 Å². The van der Waals surface area contributed by atoms with Crippen molar-refractivity contribution in [2.75, 3.05) is 0 Å². The van der Waals surface area contributed by atoms with Crippen molar-refractivity contribution in [1.29, 1.82) is 0 Å². The predicted molar refractivity (Wildman–Crippen MR) is 121 cm³/mol. The van der Waals surface area contributed by atoms with Gasteiger partial charge in [-0.1, -0.05) is 34.6 Å². The topological polar surface area (TPSA) is 106 Å². The molecule has 0 spiro atoms. The second kappa shape index (κ2) is 7.19. The van der Waals surface area contributed by atoms with Gasteiger partial charge < -0.3 is 5.11 Å². The highest BCUT2D eigenvalue weighted by Gasteiger charge is 2.70. The van der Waals surface area contributed by atoms with Crippen LogP contribution in [0.3, 0.4) is 0 Å². The Morgan fingerprint density at radius 1 is 0.970 bits per heavy atom. The van der Waals surface area contributed by atoms with Crippen molar-refractivity contribution in [1.82, 2.24) is 0 Å². The fourth-order valence-corrected chi connectivity index (χ4v) is 8.19. The molecule has 6 nitrogen and oxygen atoms in total. The first kappa shape index (κ1) is 24.0. The molecule has 6 heteroatoms. The average Bonchev–Trinajstić information content (AvgIpc) is 2.92. The molecular weight excluding hydrogens is 420 g/mol. The van der Waals surface area contributed by atoms with Crippen molar-refractivity contribution >= 4 is 29.1 Å². The molecule has 6 atom stereocenters. The molecule has 1 N–H and O–H groups in total.